The molecule has 0 saturated carbocycles. The Labute approximate surface area is 151 Å². The maximum absolute atomic E-state index is 9.75. The van der Waals surface area contributed by atoms with E-state index in [4.69, 9.17) is 9.47 Å². The van der Waals surface area contributed by atoms with Crippen LogP contribution in [0.25, 0.3) is 16.8 Å². The standard InChI is InChI=1S/C19H22N4O3/c1-25-16-4-3-13(11-17(16)26-2)15-12-21-23-18(5-8-20-19(15)23)22-9-6-14(24)7-10-22/h3-5,8,11-12,14,24H,6-7,9-10H2,1-2H3. The second kappa shape index (κ2) is 6.84. The zero-order valence-electron chi connectivity index (χ0n) is 14.9. The van der Waals surface area contributed by atoms with E-state index in [2.05, 4.69) is 15.0 Å². The molecule has 1 N–H and O–H groups in total. The van der Waals surface area contributed by atoms with Crippen LogP contribution in [0.1, 0.15) is 12.8 Å². The highest BCUT2D eigenvalue weighted by atomic mass is 16.5. The van der Waals surface area contributed by atoms with Crippen molar-refractivity contribution in [1.82, 2.24) is 14.6 Å². The fourth-order valence-corrected chi connectivity index (χ4v) is 3.42. The number of ether oxygens (including phenoxy) is 2. The molecule has 1 aliphatic heterocycles. The molecule has 26 heavy (non-hydrogen) atoms. The van der Waals surface area contributed by atoms with Gasteiger partial charge in [-0.05, 0) is 36.6 Å². The number of nitrogens with zero attached hydrogens (tertiary/aromatic N) is 4. The summed E-state index contributed by atoms with van der Waals surface area (Å²) in [5, 5.41) is 14.3. The van der Waals surface area contributed by atoms with E-state index >= 15 is 0 Å². The van der Waals surface area contributed by atoms with Gasteiger partial charge in [0.25, 0.3) is 0 Å². The molecule has 0 aliphatic carbocycles. The van der Waals surface area contributed by atoms with Crippen molar-refractivity contribution in [2.75, 3.05) is 32.2 Å². The Morgan fingerprint density at radius 3 is 2.58 bits per heavy atom. The Morgan fingerprint density at radius 1 is 1.08 bits per heavy atom. The lowest BCUT2D eigenvalue weighted by Gasteiger charge is -2.31. The summed E-state index contributed by atoms with van der Waals surface area (Å²) in [6, 6.07) is 7.76. The smallest absolute Gasteiger partial charge is 0.165 e. The minimum atomic E-state index is -0.205. The number of rotatable bonds is 4. The maximum atomic E-state index is 9.75. The van der Waals surface area contributed by atoms with Gasteiger partial charge in [0.15, 0.2) is 17.1 Å². The van der Waals surface area contributed by atoms with Gasteiger partial charge >= 0.3 is 0 Å². The first kappa shape index (κ1) is 16.7. The first-order chi connectivity index (χ1) is 12.7. The van der Waals surface area contributed by atoms with E-state index in [1.807, 2.05) is 41.2 Å². The van der Waals surface area contributed by atoms with Gasteiger partial charge in [-0.2, -0.15) is 9.61 Å². The Morgan fingerprint density at radius 2 is 1.85 bits per heavy atom. The third-order valence-electron chi connectivity index (χ3n) is 4.86. The molecule has 7 nitrogen and oxygen atoms in total. The number of hydrogen-bond donors (Lipinski definition) is 1. The van der Waals surface area contributed by atoms with Crippen LogP contribution >= 0.6 is 0 Å². The predicted octanol–water partition coefficient (Wildman–Crippen LogP) is 2.37. The molecule has 3 heterocycles. The first-order valence-corrected chi connectivity index (χ1v) is 8.69. The summed E-state index contributed by atoms with van der Waals surface area (Å²) in [6.07, 6.45) is 4.97. The van der Waals surface area contributed by atoms with Gasteiger partial charge in [0.1, 0.15) is 5.82 Å². The van der Waals surface area contributed by atoms with Crippen molar-refractivity contribution in [3.05, 3.63) is 36.7 Å². The number of piperidine rings is 1. The minimum Gasteiger partial charge on any atom is -0.493 e. The lowest BCUT2D eigenvalue weighted by molar-refractivity contribution is 0.145. The fourth-order valence-electron chi connectivity index (χ4n) is 3.42. The van der Waals surface area contributed by atoms with Gasteiger partial charge in [-0.25, -0.2) is 4.98 Å². The Bertz CT molecular complexity index is 916. The number of hydrogen-bond acceptors (Lipinski definition) is 6. The number of aromatic nitrogens is 3. The molecule has 0 unspecified atom stereocenters. The molecule has 2 aromatic heterocycles. The van der Waals surface area contributed by atoms with Gasteiger partial charge in [0.05, 0.1) is 26.5 Å². The van der Waals surface area contributed by atoms with Crippen LogP contribution in [-0.2, 0) is 0 Å². The molecule has 1 aromatic carbocycles. The third kappa shape index (κ3) is 2.84. The Balaban J connectivity index is 1.75. The molecule has 0 radical (unpaired) electrons. The van der Waals surface area contributed by atoms with Crippen molar-refractivity contribution in [3.8, 4) is 22.6 Å². The van der Waals surface area contributed by atoms with Crippen LogP contribution in [0.5, 0.6) is 11.5 Å². The van der Waals surface area contributed by atoms with Crippen LogP contribution in [-0.4, -0.2) is 53.1 Å². The summed E-state index contributed by atoms with van der Waals surface area (Å²) in [6.45, 7) is 1.62. The lowest BCUT2D eigenvalue weighted by Crippen LogP contribution is -2.36. The van der Waals surface area contributed by atoms with Crippen LogP contribution in [0.15, 0.2) is 36.7 Å². The van der Waals surface area contributed by atoms with Crippen LogP contribution in [0, 0.1) is 0 Å². The maximum Gasteiger partial charge on any atom is 0.165 e. The predicted molar refractivity (Wildman–Crippen MR) is 99.0 cm³/mol. The molecule has 4 rings (SSSR count). The highest BCUT2D eigenvalue weighted by Crippen LogP contribution is 2.34. The van der Waals surface area contributed by atoms with Gasteiger partial charge < -0.3 is 19.5 Å². The summed E-state index contributed by atoms with van der Waals surface area (Å²) in [5.74, 6) is 2.35. The third-order valence-corrected chi connectivity index (χ3v) is 4.86. The van der Waals surface area contributed by atoms with Gasteiger partial charge in [-0.3, -0.25) is 0 Å². The zero-order valence-corrected chi connectivity index (χ0v) is 14.9. The van der Waals surface area contributed by atoms with Gasteiger partial charge in [-0.15, -0.1) is 0 Å². The Hall–Kier alpha value is -2.80. The highest BCUT2D eigenvalue weighted by Gasteiger charge is 2.21. The van der Waals surface area contributed by atoms with Crippen molar-refractivity contribution in [2.45, 2.75) is 18.9 Å². The molecular weight excluding hydrogens is 332 g/mol. The largest absolute Gasteiger partial charge is 0.493 e. The van der Waals surface area contributed by atoms with Crippen molar-refractivity contribution in [2.24, 2.45) is 0 Å². The highest BCUT2D eigenvalue weighted by molar-refractivity contribution is 5.79. The summed E-state index contributed by atoms with van der Waals surface area (Å²) < 4.78 is 12.6. The van der Waals surface area contributed by atoms with Crippen molar-refractivity contribution in [1.29, 1.82) is 0 Å². The minimum absolute atomic E-state index is 0.205. The van der Waals surface area contributed by atoms with Crippen molar-refractivity contribution < 1.29 is 14.6 Å². The summed E-state index contributed by atoms with van der Waals surface area (Å²) in [5.41, 5.74) is 2.70. The molecule has 0 spiro atoms. The SMILES string of the molecule is COc1ccc(-c2cnn3c(N4CCC(O)CC4)ccnc23)cc1OC. The second-order valence-electron chi connectivity index (χ2n) is 6.38. The molecular formula is C19H22N4O3. The zero-order chi connectivity index (χ0) is 18.1. The normalized spacial score (nSPS) is 15.4. The molecule has 0 amide bonds. The van der Waals surface area contributed by atoms with Gasteiger partial charge in [0.2, 0.25) is 0 Å². The second-order valence-corrected chi connectivity index (χ2v) is 6.38. The van der Waals surface area contributed by atoms with Crippen LogP contribution in [0.3, 0.4) is 0 Å². The summed E-state index contributed by atoms with van der Waals surface area (Å²) in [7, 11) is 3.25. The molecule has 1 aliphatic rings. The van der Waals surface area contributed by atoms with E-state index in [-0.39, 0.29) is 6.10 Å². The molecule has 1 fully saturated rings. The average molecular weight is 354 g/mol. The van der Waals surface area contributed by atoms with E-state index in [1.54, 1.807) is 14.2 Å². The summed E-state index contributed by atoms with van der Waals surface area (Å²) in [4.78, 5) is 6.78. The van der Waals surface area contributed by atoms with E-state index in [9.17, 15) is 5.11 Å². The van der Waals surface area contributed by atoms with Crippen LogP contribution in [0.2, 0.25) is 0 Å². The fraction of sp³-hybridized carbons (Fsp3) is 0.368. The number of aliphatic hydroxyl groups is 1. The molecule has 3 aromatic rings. The topological polar surface area (TPSA) is 72.1 Å². The number of anilines is 1. The average Bonchev–Trinajstić information content (AvgIpc) is 3.12. The number of methoxy groups -OCH3 is 2. The van der Waals surface area contributed by atoms with E-state index in [0.717, 1.165) is 48.5 Å². The van der Waals surface area contributed by atoms with Crippen molar-refractivity contribution >= 4 is 11.5 Å². The lowest BCUT2D eigenvalue weighted by atomic mass is 10.1. The quantitative estimate of drug-likeness (QED) is 0.776. The molecule has 1 saturated heterocycles. The first-order valence-electron chi connectivity index (χ1n) is 8.69. The van der Waals surface area contributed by atoms with Crippen molar-refractivity contribution in [3.63, 3.8) is 0 Å². The molecule has 0 bridgehead atoms. The van der Waals surface area contributed by atoms with E-state index in [1.165, 1.54) is 0 Å². The van der Waals surface area contributed by atoms with Crippen LogP contribution in [0.4, 0.5) is 5.82 Å². The molecule has 7 heteroatoms. The monoisotopic (exact) mass is 354 g/mol. The molecule has 136 valence electrons. The molecule has 0 atom stereocenters. The van der Waals surface area contributed by atoms with Gasteiger partial charge in [0, 0.05) is 24.8 Å². The van der Waals surface area contributed by atoms with E-state index in [0.29, 0.717) is 11.5 Å². The summed E-state index contributed by atoms with van der Waals surface area (Å²) >= 11 is 0. The number of benzene rings is 1. The van der Waals surface area contributed by atoms with Crippen LogP contribution < -0.4 is 14.4 Å². The number of fused-ring (bicyclic) bond motifs is 1. The van der Waals surface area contributed by atoms with E-state index < -0.39 is 0 Å². The Kier molecular flexibility index (Phi) is 4.38. The van der Waals surface area contributed by atoms with Gasteiger partial charge in [-0.1, -0.05) is 6.07 Å². The number of aliphatic hydroxyl groups excluding tert-OH is 1.